The van der Waals surface area contributed by atoms with Gasteiger partial charge in [0.25, 0.3) is 0 Å². The summed E-state index contributed by atoms with van der Waals surface area (Å²) < 4.78 is 0.950. The summed E-state index contributed by atoms with van der Waals surface area (Å²) in [7, 11) is 0. The lowest BCUT2D eigenvalue weighted by Crippen LogP contribution is -2.04. The lowest BCUT2D eigenvalue weighted by molar-refractivity contribution is 0.258. The van der Waals surface area contributed by atoms with E-state index in [0.29, 0.717) is 11.4 Å². The quantitative estimate of drug-likeness (QED) is 0.799. The molecule has 0 bridgehead atoms. The number of azo groups is 1. The predicted octanol–water partition coefficient (Wildman–Crippen LogP) is 4.76. The third kappa shape index (κ3) is 3.78. The van der Waals surface area contributed by atoms with Crippen LogP contribution in [0.1, 0.15) is 0 Å². The zero-order valence-corrected chi connectivity index (χ0v) is 11.0. The highest BCUT2D eigenvalue weighted by Crippen LogP contribution is 2.15. The number of rotatable bonds is 2. The van der Waals surface area contributed by atoms with Gasteiger partial charge < -0.3 is 5.32 Å². The molecule has 5 heteroatoms. The standard InChI is InChI=1S/C13H10BrN3O/c14-10-6-8-11(9-7-10)15-13(18)17-16-12-4-2-1-3-5-12/h1-9H,(H,15,18). The van der Waals surface area contributed by atoms with Gasteiger partial charge in [-0.3, -0.25) is 0 Å². The molecule has 4 nitrogen and oxygen atoms in total. The Morgan fingerprint density at radius 1 is 1.00 bits per heavy atom. The van der Waals surface area contributed by atoms with Gasteiger partial charge in [-0.2, -0.15) is 0 Å². The van der Waals surface area contributed by atoms with E-state index >= 15 is 0 Å². The van der Waals surface area contributed by atoms with E-state index in [9.17, 15) is 4.79 Å². The molecule has 0 spiro atoms. The summed E-state index contributed by atoms with van der Waals surface area (Å²) in [6.45, 7) is 0. The number of nitrogens with zero attached hydrogens (tertiary/aromatic N) is 2. The van der Waals surface area contributed by atoms with Gasteiger partial charge in [-0.15, -0.1) is 5.11 Å². The van der Waals surface area contributed by atoms with Gasteiger partial charge in [0.15, 0.2) is 0 Å². The van der Waals surface area contributed by atoms with Crippen molar-refractivity contribution in [1.82, 2.24) is 0 Å². The van der Waals surface area contributed by atoms with E-state index in [1.807, 2.05) is 30.3 Å². The summed E-state index contributed by atoms with van der Waals surface area (Å²) in [5, 5.41) is 10.0. The zero-order chi connectivity index (χ0) is 12.8. The van der Waals surface area contributed by atoms with Gasteiger partial charge in [-0.05, 0) is 36.4 Å². The number of carbonyl (C=O) groups excluding carboxylic acids is 1. The maximum atomic E-state index is 11.5. The highest BCUT2D eigenvalue weighted by molar-refractivity contribution is 9.10. The highest BCUT2D eigenvalue weighted by Gasteiger charge is 1.99. The van der Waals surface area contributed by atoms with Crippen LogP contribution in [0.25, 0.3) is 0 Å². The number of benzene rings is 2. The largest absolute Gasteiger partial charge is 0.364 e. The van der Waals surface area contributed by atoms with E-state index in [0.717, 1.165) is 4.47 Å². The van der Waals surface area contributed by atoms with Crippen molar-refractivity contribution in [3.63, 3.8) is 0 Å². The van der Waals surface area contributed by atoms with Crippen molar-refractivity contribution in [2.24, 2.45) is 10.2 Å². The van der Waals surface area contributed by atoms with Gasteiger partial charge >= 0.3 is 6.03 Å². The number of hydrogen-bond acceptors (Lipinski definition) is 2. The fourth-order valence-corrected chi connectivity index (χ4v) is 1.54. The molecule has 0 aliphatic carbocycles. The number of hydrogen-bond donors (Lipinski definition) is 1. The Morgan fingerprint density at radius 2 is 1.67 bits per heavy atom. The monoisotopic (exact) mass is 303 g/mol. The number of carbonyl (C=O) groups is 1. The fraction of sp³-hybridized carbons (Fsp3) is 0. The van der Waals surface area contributed by atoms with Crippen molar-refractivity contribution in [3.05, 3.63) is 59.1 Å². The molecule has 2 aromatic rings. The van der Waals surface area contributed by atoms with Crippen LogP contribution in [-0.4, -0.2) is 6.03 Å². The number of nitrogens with one attached hydrogen (secondary N) is 1. The first-order valence-corrected chi connectivity index (χ1v) is 6.07. The van der Waals surface area contributed by atoms with Gasteiger partial charge in [-0.1, -0.05) is 39.2 Å². The molecular formula is C13H10BrN3O. The topological polar surface area (TPSA) is 53.8 Å². The second-order valence-corrected chi connectivity index (χ2v) is 4.39. The average molecular weight is 304 g/mol. The van der Waals surface area contributed by atoms with Gasteiger partial charge in [0.2, 0.25) is 0 Å². The minimum atomic E-state index is -0.499. The molecule has 1 N–H and O–H groups in total. The van der Waals surface area contributed by atoms with E-state index in [-0.39, 0.29) is 0 Å². The van der Waals surface area contributed by atoms with Crippen molar-refractivity contribution < 1.29 is 4.79 Å². The Labute approximate surface area is 113 Å². The molecule has 0 aromatic heterocycles. The molecule has 90 valence electrons. The van der Waals surface area contributed by atoms with E-state index in [4.69, 9.17) is 0 Å². The molecule has 0 unspecified atom stereocenters. The number of urea groups is 1. The van der Waals surface area contributed by atoms with Crippen LogP contribution in [0, 0.1) is 0 Å². The van der Waals surface area contributed by atoms with Crippen LogP contribution in [0.15, 0.2) is 69.3 Å². The van der Waals surface area contributed by atoms with Crippen molar-refractivity contribution in [2.75, 3.05) is 5.32 Å². The van der Waals surface area contributed by atoms with Crippen LogP contribution < -0.4 is 5.32 Å². The third-order valence-corrected chi connectivity index (χ3v) is 2.64. The van der Waals surface area contributed by atoms with Gasteiger partial charge in [0, 0.05) is 10.2 Å². The summed E-state index contributed by atoms with van der Waals surface area (Å²) in [6.07, 6.45) is 0. The van der Waals surface area contributed by atoms with Crippen LogP contribution >= 0.6 is 15.9 Å². The van der Waals surface area contributed by atoms with E-state index < -0.39 is 6.03 Å². The van der Waals surface area contributed by atoms with Crippen LogP contribution in [0.3, 0.4) is 0 Å². The molecule has 0 aliphatic heterocycles. The second-order valence-electron chi connectivity index (χ2n) is 3.47. The predicted molar refractivity (Wildman–Crippen MR) is 74.1 cm³/mol. The molecule has 2 aromatic carbocycles. The van der Waals surface area contributed by atoms with Crippen LogP contribution in [0.5, 0.6) is 0 Å². The summed E-state index contributed by atoms with van der Waals surface area (Å²) >= 11 is 3.32. The minimum Gasteiger partial charge on any atom is -0.305 e. The molecule has 0 saturated carbocycles. The zero-order valence-electron chi connectivity index (χ0n) is 9.38. The van der Waals surface area contributed by atoms with Crippen LogP contribution in [0.4, 0.5) is 16.2 Å². The van der Waals surface area contributed by atoms with Crippen molar-refractivity contribution >= 4 is 33.3 Å². The third-order valence-electron chi connectivity index (χ3n) is 2.11. The van der Waals surface area contributed by atoms with Crippen molar-refractivity contribution in [1.29, 1.82) is 0 Å². The smallest absolute Gasteiger partial charge is 0.305 e. The summed E-state index contributed by atoms with van der Waals surface area (Å²) in [6, 6.07) is 15.8. The SMILES string of the molecule is O=C(N=Nc1ccccc1)Nc1ccc(Br)cc1. The lowest BCUT2D eigenvalue weighted by atomic mass is 10.3. The molecule has 0 fully saturated rings. The summed E-state index contributed by atoms with van der Waals surface area (Å²) in [5.41, 5.74) is 1.32. The number of anilines is 1. The maximum Gasteiger partial charge on any atom is 0.364 e. The Morgan fingerprint density at radius 3 is 2.33 bits per heavy atom. The second kappa shape index (κ2) is 6.07. The molecule has 0 aliphatic rings. The molecule has 2 amide bonds. The maximum absolute atomic E-state index is 11.5. The molecule has 0 heterocycles. The van der Waals surface area contributed by atoms with Gasteiger partial charge in [-0.25, -0.2) is 4.79 Å². The Bertz CT molecular complexity index is 552. The lowest BCUT2D eigenvalue weighted by Gasteiger charge is -2.00. The molecule has 0 radical (unpaired) electrons. The van der Waals surface area contributed by atoms with E-state index in [1.165, 1.54) is 0 Å². The highest BCUT2D eigenvalue weighted by atomic mass is 79.9. The molecule has 2 rings (SSSR count). The minimum absolute atomic E-state index is 0.499. The molecule has 0 saturated heterocycles. The van der Waals surface area contributed by atoms with Crippen molar-refractivity contribution in [2.45, 2.75) is 0 Å². The van der Waals surface area contributed by atoms with Gasteiger partial charge in [0.1, 0.15) is 0 Å². The van der Waals surface area contributed by atoms with Gasteiger partial charge in [0.05, 0.1) is 5.69 Å². The number of amides is 2. The Kier molecular flexibility index (Phi) is 4.20. The molecular weight excluding hydrogens is 294 g/mol. The Balaban J connectivity index is 1.97. The first-order chi connectivity index (χ1) is 8.74. The Hall–Kier alpha value is -2.01. The van der Waals surface area contributed by atoms with E-state index in [1.54, 1.807) is 24.3 Å². The van der Waals surface area contributed by atoms with E-state index in [2.05, 4.69) is 31.5 Å². The summed E-state index contributed by atoms with van der Waals surface area (Å²) in [5.74, 6) is 0. The molecule has 18 heavy (non-hydrogen) atoms. The van der Waals surface area contributed by atoms with Crippen molar-refractivity contribution in [3.8, 4) is 0 Å². The molecule has 0 atom stereocenters. The number of halogens is 1. The fourth-order valence-electron chi connectivity index (χ4n) is 1.28. The average Bonchev–Trinajstić information content (AvgIpc) is 2.40. The summed E-state index contributed by atoms with van der Waals surface area (Å²) in [4.78, 5) is 11.5. The van der Waals surface area contributed by atoms with Crippen LogP contribution in [-0.2, 0) is 0 Å². The van der Waals surface area contributed by atoms with Crippen LogP contribution in [0.2, 0.25) is 0 Å². The first-order valence-electron chi connectivity index (χ1n) is 5.27. The normalized spacial score (nSPS) is 10.5. The first kappa shape index (κ1) is 12.4.